The summed E-state index contributed by atoms with van der Waals surface area (Å²) in [4.78, 5) is 1.65. The summed E-state index contributed by atoms with van der Waals surface area (Å²) >= 11 is 0. The molecule has 6 heteroatoms. The summed E-state index contributed by atoms with van der Waals surface area (Å²) in [5, 5.41) is 2.86. The summed E-state index contributed by atoms with van der Waals surface area (Å²) in [6, 6.07) is 4.57. The number of halogens is 4. The van der Waals surface area contributed by atoms with E-state index in [1.807, 2.05) is 0 Å². The van der Waals surface area contributed by atoms with Gasteiger partial charge in [0.2, 0.25) is 0 Å². The summed E-state index contributed by atoms with van der Waals surface area (Å²) in [7, 11) is 1.69. The number of nitrogens with zero attached hydrogens (tertiary/aromatic N) is 1. The monoisotopic (exact) mass is 290 g/mol. The van der Waals surface area contributed by atoms with Crippen molar-refractivity contribution >= 4 is 5.69 Å². The lowest BCUT2D eigenvalue weighted by Gasteiger charge is -2.36. The second-order valence-corrected chi connectivity index (χ2v) is 5.09. The third-order valence-corrected chi connectivity index (χ3v) is 3.67. The molecule has 1 aliphatic rings. The van der Waals surface area contributed by atoms with E-state index in [-0.39, 0.29) is 18.8 Å². The molecule has 0 aromatic heterocycles. The Morgan fingerprint density at radius 3 is 2.75 bits per heavy atom. The third-order valence-electron chi connectivity index (χ3n) is 3.67. The Balaban J connectivity index is 2.25. The molecule has 0 amide bonds. The van der Waals surface area contributed by atoms with Crippen molar-refractivity contribution in [2.45, 2.75) is 25.6 Å². The van der Waals surface area contributed by atoms with E-state index >= 15 is 0 Å². The van der Waals surface area contributed by atoms with E-state index in [1.54, 1.807) is 24.1 Å². The summed E-state index contributed by atoms with van der Waals surface area (Å²) in [6.45, 7) is 0.742. The topological polar surface area (TPSA) is 15.3 Å². The van der Waals surface area contributed by atoms with Gasteiger partial charge in [0.1, 0.15) is 5.82 Å². The van der Waals surface area contributed by atoms with Gasteiger partial charge in [-0.15, -0.1) is 0 Å². The van der Waals surface area contributed by atoms with Gasteiger partial charge in [-0.1, -0.05) is 6.07 Å². The molecular weight excluding hydrogens is 272 g/mol. The zero-order valence-corrected chi connectivity index (χ0v) is 11.3. The van der Waals surface area contributed by atoms with Crippen LogP contribution in [0.4, 0.5) is 23.2 Å². The first-order valence-electron chi connectivity index (χ1n) is 6.67. The van der Waals surface area contributed by atoms with Crippen LogP contribution in [0, 0.1) is 11.7 Å². The fourth-order valence-corrected chi connectivity index (χ4v) is 2.66. The van der Waals surface area contributed by atoms with Crippen LogP contribution in [0.2, 0.25) is 0 Å². The highest BCUT2D eigenvalue weighted by Gasteiger charge is 2.42. The summed E-state index contributed by atoms with van der Waals surface area (Å²) in [5.41, 5.74) is 0.992. The van der Waals surface area contributed by atoms with Crippen LogP contribution in [0.3, 0.4) is 0 Å². The number of benzene rings is 1. The van der Waals surface area contributed by atoms with Gasteiger partial charge in [-0.2, -0.15) is 13.2 Å². The number of hydrogen-bond donors (Lipinski definition) is 1. The van der Waals surface area contributed by atoms with Gasteiger partial charge in [-0.3, -0.25) is 0 Å². The van der Waals surface area contributed by atoms with Crippen molar-refractivity contribution in [1.82, 2.24) is 5.32 Å². The number of anilines is 1. The molecule has 2 rings (SSSR count). The fourth-order valence-electron chi connectivity index (χ4n) is 2.66. The number of rotatable bonds is 3. The maximum absolute atomic E-state index is 13.8. The Morgan fingerprint density at radius 1 is 1.35 bits per heavy atom. The van der Waals surface area contributed by atoms with Crippen LogP contribution in [-0.4, -0.2) is 26.3 Å². The van der Waals surface area contributed by atoms with E-state index in [1.165, 1.54) is 6.07 Å². The van der Waals surface area contributed by atoms with Crippen LogP contribution in [0.25, 0.3) is 0 Å². The largest absolute Gasteiger partial charge is 0.393 e. The van der Waals surface area contributed by atoms with Gasteiger partial charge in [0.25, 0.3) is 0 Å². The first-order valence-corrected chi connectivity index (χ1v) is 6.67. The Kier molecular flexibility index (Phi) is 4.52. The molecule has 1 saturated heterocycles. The normalized spacial score (nSPS) is 20.2. The number of hydrogen-bond acceptors (Lipinski definition) is 2. The minimum atomic E-state index is -4.19. The van der Waals surface area contributed by atoms with Crippen molar-refractivity contribution in [2.75, 3.05) is 25.0 Å². The van der Waals surface area contributed by atoms with Crippen molar-refractivity contribution in [2.24, 2.45) is 5.92 Å². The van der Waals surface area contributed by atoms with Crippen LogP contribution < -0.4 is 10.2 Å². The highest BCUT2D eigenvalue weighted by Crippen LogP contribution is 2.36. The van der Waals surface area contributed by atoms with Gasteiger partial charge in [0, 0.05) is 30.9 Å². The first-order chi connectivity index (χ1) is 9.43. The number of nitrogens with one attached hydrogen (secondary N) is 1. The molecule has 0 saturated carbocycles. The lowest BCUT2D eigenvalue weighted by atomic mass is 9.96. The van der Waals surface area contributed by atoms with Crippen molar-refractivity contribution in [3.63, 3.8) is 0 Å². The van der Waals surface area contributed by atoms with E-state index in [4.69, 9.17) is 0 Å². The van der Waals surface area contributed by atoms with E-state index in [0.717, 1.165) is 0 Å². The molecule has 1 aromatic rings. The Bertz CT molecular complexity index is 459. The summed E-state index contributed by atoms with van der Waals surface area (Å²) in [5.74, 6) is -1.71. The molecule has 20 heavy (non-hydrogen) atoms. The SMILES string of the molecule is CNCc1c(F)cccc1N1CCCC(C(F)(F)F)C1. The van der Waals surface area contributed by atoms with Crippen LogP contribution in [0.5, 0.6) is 0 Å². The second-order valence-electron chi connectivity index (χ2n) is 5.09. The highest BCUT2D eigenvalue weighted by molar-refractivity contribution is 5.54. The van der Waals surface area contributed by atoms with Gasteiger partial charge >= 0.3 is 6.18 Å². The van der Waals surface area contributed by atoms with Crippen molar-refractivity contribution in [1.29, 1.82) is 0 Å². The fraction of sp³-hybridized carbons (Fsp3) is 0.571. The standard InChI is InChI=1S/C14H18F4N2/c1-19-8-11-12(15)5-2-6-13(11)20-7-3-4-10(9-20)14(16,17)18/h2,5-6,10,19H,3-4,7-9H2,1H3. The zero-order valence-electron chi connectivity index (χ0n) is 11.3. The van der Waals surface area contributed by atoms with Crippen LogP contribution in [0.15, 0.2) is 18.2 Å². The maximum atomic E-state index is 13.8. The molecule has 0 spiro atoms. The molecule has 1 atom stereocenters. The van der Waals surface area contributed by atoms with Crippen LogP contribution in [0.1, 0.15) is 18.4 Å². The summed E-state index contributed by atoms with van der Waals surface area (Å²) in [6.07, 6.45) is -3.56. The molecule has 1 fully saturated rings. The lowest BCUT2D eigenvalue weighted by molar-refractivity contribution is -0.176. The number of piperidine rings is 1. The molecule has 2 nitrogen and oxygen atoms in total. The molecule has 1 aromatic carbocycles. The average Bonchev–Trinajstić information content (AvgIpc) is 2.40. The Labute approximate surface area is 115 Å². The quantitative estimate of drug-likeness (QED) is 0.859. The van der Waals surface area contributed by atoms with Gasteiger partial charge in [0.05, 0.1) is 5.92 Å². The second kappa shape index (κ2) is 5.99. The Hall–Kier alpha value is -1.30. The smallest absolute Gasteiger partial charge is 0.371 e. The predicted octanol–water partition coefficient (Wildman–Crippen LogP) is 3.32. The molecule has 112 valence electrons. The van der Waals surface area contributed by atoms with Crippen LogP contribution in [-0.2, 0) is 6.54 Å². The minimum Gasteiger partial charge on any atom is -0.371 e. The van der Waals surface area contributed by atoms with Crippen molar-refractivity contribution in [3.05, 3.63) is 29.6 Å². The molecule has 1 heterocycles. The molecule has 0 bridgehead atoms. The van der Waals surface area contributed by atoms with E-state index in [0.29, 0.717) is 30.8 Å². The van der Waals surface area contributed by atoms with Gasteiger partial charge in [-0.25, -0.2) is 4.39 Å². The molecule has 1 unspecified atom stereocenters. The van der Waals surface area contributed by atoms with E-state index in [9.17, 15) is 17.6 Å². The van der Waals surface area contributed by atoms with Gasteiger partial charge < -0.3 is 10.2 Å². The zero-order chi connectivity index (χ0) is 14.8. The maximum Gasteiger partial charge on any atom is 0.393 e. The highest BCUT2D eigenvalue weighted by atomic mass is 19.4. The van der Waals surface area contributed by atoms with E-state index in [2.05, 4.69) is 5.32 Å². The van der Waals surface area contributed by atoms with Crippen molar-refractivity contribution in [3.8, 4) is 0 Å². The lowest BCUT2D eigenvalue weighted by Crippen LogP contribution is -2.42. The number of alkyl halides is 3. The molecule has 1 aliphatic heterocycles. The third kappa shape index (κ3) is 3.23. The van der Waals surface area contributed by atoms with Crippen LogP contribution >= 0.6 is 0 Å². The van der Waals surface area contributed by atoms with E-state index < -0.39 is 12.1 Å². The van der Waals surface area contributed by atoms with Crippen molar-refractivity contribution < 1.29 is 17.6 Å². The molecule has 0 radical (unpaired) electrons. The summed E-state index contributed by atoms with van der Waals surface area (Å²) < 4.78 is 52.4. The average molecular weight is 290 g/mol. The minimum absolute atomic E-state index is 0.0936. The molecule has 0 aliphatic carbocycles. The molecular formula is C14H18F4N2. The van der Waals surface area contributed by atoms with Gasteiger partial charge in [-0.05, 0) is 32.0 Å². The van der Waals surface area contributed by atoms with Gasteiger partial charge in [0.15, 0.2) is 0 Å². The first kappa shape index (κ1) is 15.1. The Morgan fingerprint density at radius 2 is 2.10 bits per heavy atom. The molecule has 1 N–H and O–H groups in total. The predicted molar refractivity (Wildman–Crippen MR) is 70.2 cm³/mol.